The molecule has 1 N–H and O–H groups in total. The van der Waals surface area contributed by atoms with E-state index in [0.717, 1.165) is 11.8 Å². The van der Waals surface area contributed by atoms with E-state index < -0.39 is 0 Å². The van der Waals surface area contributed by atoms with Crippen LogP contribution in [0.4, 0.5) is 0 Å². The predicted molar refractivity (Wildman–Crippen MR) is 79.8 cm³/mol. The zero-order valence-electron chi connectivity index (χ0n) is 12.0. The molecule has 1 fully saturated rings. The van der Waals surface area contributed by atoms with Gasteiger partial charge in [-0.3, -0.25) is 0 Å². The Bertz CT molecular complexity index is 189. The lowest BCUT2D eigenvalue weighted by Crippen LogP contribution is -2.38. The molecule has 1 rings (SSSR count). The lowest BCUT2D eigenvalue weighted by Gasteiger charge is -2.30. The highest BCUT2D eigenvalue weighted by atomic mass is 32.2. The second kappa shape index (κ2) is 8.39. The van der Waals surface area contributed by atoms with Crippen molar-refractivity contribution in [2.75, 3.05) is 38.2 Å². The monoisotopic (exact) mass is 258 g/mol. The highest BCUT2D eigenvalue weighted by Crippen LogP contribution is 2.15. The number of rotatable bonds is 7. The summed E-state index contributed by atoms with van der Waals surface area (Å²) < 4.78 is 0. The van der Waals surface area contributed by atoms with Crippen LogP contribution in [0.1, 0.15) is 33.6 Å². The summed E-state index contributed by atoms with van der Waals surface area (Å²) in [6, 6.07) is 0.665. The van der Waals surface area contributed by atoms with Crippen molar-refractivity contribution in [2.24, 2.45) is 11.8 Å². The maximum atomic E-state index is 3.70. The Hall–Kier alpha value is 0.270. The van der Waals surface area contributed by atoms with Crippen molar-refractivity contribution in [3.8, 4) is 0 Å². The third kappa shape index (κ3) is 7.32. The molecular weight excluding hydrogens is 228 g/mol. The minimum Gasteiger partial charge on any atom is -0.313 e. The zero-order valence-corrected chi connectivity index (χ0v) is 12.9. The molecule has 1 aliphatic rings. The highest BCUT2D eigenvalue weighted by Gasteiger charge is 2.16. The van der Waals surface area contributed by atoms with Crippen LogP contribution in [0.25, 0.3) is 0 Å². The van der Waals surface area contributed by atoms with Gasteiger partial charge in [-0.2, -0.15) is 11.8 Å². The van der Waals surface area contributed by atoms with Crippen molar-refractivity contribution in [3.05, 3.63) is 0 Å². The summed E-state index contributed by atoms with van der Waals surface area (Å²) in [6.45, 7) is 10.7. The standard InChI is InChI=1S/C14H30N2S/c1-12(2)10-17-11-13(3)15-9-14-5-7-16(4)8-6-14/h12-15H,5-11H2,1-4H3/t13-/m0/s1. The first-order chi connectivity index (χ1) is 8.08. The summed E-state index contributed by atoms with van der Waals surface area (Å²) in [7, 11) is 2.23. The molecule has 0 saturated carbocycles. The Morgan fingerprint density at radius 1 is 1.18 bits per heavy atom. The molecule has 2 nitrogen and oxygen atoms in total. The van der Waals surface area contributed by atoms with Gasteiger partial charge in [0, 0.05) is 11.8 Å². The average molecular weight is 258 g/mol. The van der Waals surface area contributed by atoms with Gasteiger partial charge in [0.2, 0.25) is 0 Å². The van der Waals surface area contributed by atoms with E-state index in [0.29, 0.717) is 6.04 Å². The van der Waals surface area contributed by atoms with Gasteiger partial charge in [0.1, 0.15) is 0 Å². The van der Waals surface area contributed by atoms with Crippen molar-refractivity contribution in [1.29, 1.82) is 0 Å². The van der Waals surface area contributed by atoms with Gasteiger partial charge in [-0.25, -0.2) is 0 Å². The van der Waals surface area contributed by atoms with Gasteiger partial charge in [-0.05, 0) is 64.0 Å². The fourth-order valence-electron chi connectivity index (χ4n) is 2.17. The first-order valence-electron chi connectivity index (χ1n) is 7.07. The maximum absolute atomic E-state index is 3.70. The highest BCUT2D eigenvalue weighted by molar-refractivity contribution is 7.99. The van der Waals surface area contributed by atoms with E-state index in [1.54, 1.807) is 0 Å². The number of nitrogens with one attached hydrogen (secondary N) is 1. The number of nitrogens with zero attached hydrogens (tertiary/aromatic N) is 1. The van der Waals surface area contributed by atoms with Gasteiger partial charge >= 0.3 is 0 Å². The Morgan fingerprint density at radius 3 is 2.41 bits per heavy atom. The minimum atomic E-state index is 0.665. The third-order valence-electron chi connectivity index (χ3n) is 3.41. The van der Waals surface area contributed by atoms with Gasteiger partial charge in [0.25, 0.3) is 0 Å². The fraction of sp³-hybridized carbons (Fsp3) is 1.00. The summed E-state index contributed by atoms with van der Waals surface area (Å²) in [5.74, 6) is 4.27. The van der Waals surface area contributed by atoms with Gasteiger partial charge in [0.15, 0.2) is 0 Å². The fourth-order valence-corrected chi connectivity index (χ4v) is 3.25. The second-order valence-electron chi connectivity index (χ2n) is 5.99. The molecule has 0 spiro atoms. The van der Waals surface area contributed by atoms with Crippen LogP contribution in [0, 0.1) is 11.8 Å². The molecule has 0 aromatic rings. The van der Waals surface area contributed by atoms with E-state index in [4.69, 9.17) is 0 Å². The molecule has 1 atom stereocenters. The normalized spacial score (nSPS) is 21.0. The van der Waals surface area contributed by atoms with E-state index in [9.17, 15) is 0 Å². The number of hydrogen-bond acceptors (Lipinski definition) is 3. The average Bonchev–Trinajstić information content (AvgIpc) is 2.28. The van der Waals surface area contributed by atoms with Gasteiger partial charge < -0.3 is 10.2 Å². The van der Waals surface area contributed by atoms with Crippen molar-refractivity contribution in [2.45, 2.75) is 39.7 Å². The molecule has 102 valence electrons. The van der Waals surface area contributed by atoms with Crippen LogP contribution in [0.2, 0.25) is 0 Å². The summed E-state index contributed by atoms with van der Waals surface area (Å²) >= 11 is 2.09. The quantitative estimate of drug-likeness (QED) is 0.756. The van der Waals surface area contributed by atoms with Gasteiger partial charge in [-0.1, -0.05) is 13.8 Å². The molecule has 1 saturated heterocycles. The molecule has 0 bridgehead atoms. The number of thioether (sulfide) groups is 1. The molecule has 0 aromatic heterocycles. The van der Waals surface area contributed by atoms with Crippen molar-refractivity contribution in [3.63, 3.8) is 0 Å². The molecular formula is C14H30N2S. The zero-order chi connectivity index (χ0) is 12.7. The van der Waals surface area contributed by atoms with Gasteiger partial charge in [-0.15, -0.1) is 0 Å². The van der Waals surface area contributed by atoms with Crippen LogP contribution in [0.3, 0.4) is 0 Å². The molecule has 0 aromatic carbocycles. The Labute approximate surface area is 112 Å². The van der Waals surface area contributed by atoms with Crippen molar-refractivity contribution in [1.82, 2.24) is 10.2 Å². The molecule has 0 aliphatic carbocycles. The maximum Gasteiger partial charge on any atom is 0.0130 e. The van der Waals surface area contributed by atoms with Crippen LogP contribution in [-0.4, -0.2) is 49.1 Å². The van der Waals surface area contributed by atoms with Crippen LogP contribution in [-0.2, 0) is 0 Å². The molecule has 1 aliphatic heterocycles. The number of hydrogen-bond donors (Lipinski definition) is 1. The molecule has 0 radical (unpaired) electrons. The van der Waals surface area contributed by atoms with Crippen molar-refractivity contribution < 1.29 is 0 Å². The summed E-state index contributed by atoms with van der Waals surface area (Å²) in [5.41, 5.74) is 0. The molecule has 1 heterocycles. The smallest absolute Gasteiger partial charge is 0.0130 e. The van der Waals surface area contributed by atoms with Crippen LogP contribution < -0.4 is 5.32 Å². The summed E-state index contributed by atoms with van der Waals surface area (Å²) in [6.07, 6.45) is 2.74. The molecule has 0 unspecified atom stereocenters. The summed E-state index contributed by atoms with van der Waals surface area (Å²) in [5, 5.41) is 3.70. The minimum absolute atomic E-state index is 0.665. The summed E-state index contributed by atoms with van der Waals surface area (Å²) in [4.78, 5) is 2.44. The molecule has 3 heteroatoms. The molecule has 0 amide bonds. The molecule has 17 heavy (non-hydrogen) atoms. The van der Waals surface area contributed by atoms with E-state index in [1.165, 1.54) is 44.0 Å². The largest absolute Gasteiger partial charge is 0.313 e. The third-order valence-corrected chi connectivity index (χ3v) is 5.05. The Morgan fingerprint density at radius 2 is 1.82 bits per heavy atom. The van der Waals surface area contributed by atoms with E-state index in [-0.39, 0.29) is 0 Å². The van der Waals surface area contributed by atoms with Crippen LogP contribution >= 0.6 is 11.8 Å². The SMILES string of the molecule is CC(C)CSC[C@H](C)NCC1CCN(C)CC1. The first-order valence-corrected chi connectivity index (χ1v) is 8.23. The Kier molecular flexibility index (Phi) is 7.56. The van der Waals surface area contributed by atoms with Crippen LogP contribution in [0.15, 0.2) is 0 Å². The second-order valence-corrected chi connectivity index (χ2v) is 7.06. The van der Waals surface area contributed by atoms with E-state index in [2.05, 4.69) is 49.8 Å². The van der Waals surface area contributed by atoms with E-state index >= 15 is 0 Å². The van der Waals surface area contributed by atoms with Gasteiger partial charge in [0.05, 0.1) is 0 Å². The van der Waals surface area contributed by atoms with Crippen molar-refractivity contribution >= 4 is 11.8 Å². The number of likely N-dealkylation sites (tertiary alicyclic amines) is 1. The lowest BCUT2D eigenvalue weighted by molar-refractivity contribution is 0.214. The first kappa shape index (κ1) is 15.3. The predicted octanol–water partition coefficient (Wildman–Crippen LogP) is 2.70. The topological polar surface area (TPSA) is 15.3 Å². The Balaban J connectivity index is 2.01. The van der Waals surface area contributed by atoms with Crippen LogP contribution in [0.5, 0.6) is 0 Å². The lowest BCUT2D eigenvalue weighted by atomic mass is 9.97. The van der Waals surface area contributed by atoms with E-state index in [1.807, 2.05) is 0 Å². The number of piperidine rings is 1.